The number of hydrogen-bond donors (Lipinski definition) is 0. The molecule has 0 bridgehead atoms. The van der Waals surface area contributed by atoms with Crippen LogP contribution in [0.3, 0.4) is 0 Å². The summed E-state index contributed by atoms with van der Waals surface area (Å²) in [5.41, 5.74) is -1.50. The van der Waals surface area contributed by atoms with Crippen molar-refractivity contribution < 1.29 is 30.7 Å². The molecule has 2 fully saturated rings. The van der Waals surface area contributed by atoms with E-state index in [-0.39, 0.29) is 12.3 Å². The highest BCUT2D eigenvalue weighted by atomic mass is 19.4. The lowest BCUT2D eigenvalue weighted by Crippen LogP contribution is -2.25. The molecule has 0 saturated heterocycles. The Labute approximate surface area is 178 Å². The van der Waals surface area contributed by atoms with Crippen molar-refractivity contribution in [3.8, 4) is 0 Å². The lowest BCUT2D eigenvalue weighted by molar-refractivity contribution is -0.142. The molecule has 0 radical (unpaired) electrons. The largest absolute Gasteiger partial charge is 0.422 e. The Hall–Kier alpha value is -1.53. The first-order valence-electron chi connectivity index (χ1n) is 11.2. The smallest absolute Gasteiger partial charge is 0.211 e. The third-order valence-corrected chi connectivity index (χ3v) is 7.03. The summed E-state index contributed by atoms with van der Waals surface area (Å²) in [6, 6.07) is 1.70. The minimum Gasteiger partial charge on any atom is -0.211 e. The zero-order chi connectivity index (χ0) is 22.6. The summed E-state index contributed by atoms with van der Waals surface area (Å²) in [6.45, 7) is 0. The molecular weight excluding hydrogens is 421 g/mol. The summed E-state index contributed by atoms with van der Waals surface area (Å²) in [5.74, 6) is -1.62. The second-order valence-corrected chi connectivity index (χ2v) is 9.04. The van der Waals surface area contributed by atoms with Gasteiger partial charge in [0.2, 0.25) is 6.43 Å². The lowest BCUT2D eigenvalue weighted by atomic mass is 9.68. The molecule has 7 heteroatoms. The highest BCUT2D eigenvalue weighted by Gasteiger charge is 2.39. The first-order chi connectivity index (χ1) is 14.6. The molecule has 0 aliphatic heterocycles. The molecule has 174 valence electrons. The summed E-state index contributed by atoms with van der Waals surface area (Å²) >= 11 is 0. The van der Waals surface area contributed by atoms with Gasteiger partial charge in [0, 0.05) is 6.42 Å². The molecule has 0 aromatic heterocycles. The maximum atomic E-state index is 13.9. The molecule has 31 heavy (non-hydrogen) atoms. The second-order valence-electron chi connectivity index (χ2n) is 9.04. The molecule has 0 N–H and O–H groups in total. The van der Waals surface area contributed by atoms with Gasteiger partial charge in [-0.05, 0) is 99.2 Å². The van der Waals surface area contributed by atoms with E-state index in [2.05, 4.69) is 6.08 Å². The van der Waals surface area contributed by atoms with Crippen molar-refractivity contribution in [1.29, 1.82) is 0 Å². The first-order valence-corrected chi connectivity index (χ1v) is 11.2. The van der Waals surface area contributed by atoms with Gasteiger partial charge in [-0.15, -0.1) is 0 Å². The van der Waals surface area contributed by atoms with Crippen LogP contribution in [0.25, 0.3) is 0 Å². The molecule has 2 aliphatic rings. The molecule has 1 aromatic carbocycles. The predicted octanol–water partition coefficient (Wildman–Crippen LogP) is 8.67. The Morgan fingerprint density at radius 3 is 1.84 bits per heavy atom. The lowest BCUT2D eigenvalue weighted by Gasteiger charge is -2.37. The van der Waals surface area contributed by atoms with Gasteiger partial charge < -0.3 is 0 Å². The second kappa shape index (κ2) is 10.4. The van der Waals surface area contributed by atoms with E-state index in [0.717, 1.165) is 63.5 Å². The van der Waals surface area contributed by atoms with Crippen LogP contribution in [0.1, 0.15) is 81.3 Å². The third-order valence-electron chi connectivity index (χ3n) is 7.03. The van der Waals surface area contributed by atoms with Crippen molar-refractivity contribution in [2.24, 2.45) is 17.8 Å². The van der Waals surface area contributed by atoms with E-state index in [1.165, 1.54) is 0 Å². The van der Waals surface area contributed by atoms with Gasteiger partial charge in [0.1, 0.15) is 17.2 Å². The Balaban J connectivity index is 1.48. The van der Waals surface area contributed by atoms with Crippen LogP contribution in [-0.4, -0.2) is 6.43 Å². The molecular formula is C24H29F7. The molecule has 0 unspecified atom stereocenters. The zero-order valence-corrected chi connectivity index (χ0v) is 17.4. The number of hydrogen-bond acceptors (Lipinski definition) is 0. The summed E-state index contributed by atoms with van der Waals surface area (Å²) in [7, 11) is 0. The van der Waals surface area contributed by atoms with Crippen molar-refractivity contribution in [3.05, 3.63) is 47.0 Å². The van der Waals surface area contributed by atoms with E-state index in [0.29, 0.717) is 29.7 Å². The topological polar surface area (TPSA) is 0 Å². The van der Waals surface area contributed by atoms with Gasteiger partial charge in [-0.1, -0.05) is 12.2 Å². The average Bonchev–Trinajstić information content (AvgIpc) is 2.70. The zero-order valence-electron chi connectivity index (χ0n) is 17.4. The van der Waals surface area contributed by atoms with Crippen LogP contribution in [0.15, 0.2) is 24.3 Å². The Bertz CT molecular complexity index is 714. The number of allylic oxidation sites excluding steroid dienone is 2. The molecule has 0 spiro atoms. The fourth-order valence-corrected chi connectivity index (χ4v) is 5.34. The monoisotopic (exact) mass is 450 g/mol. The molecule has 1 aromatic rings. The standard InChI is InChI=1S/C24H29F7/c25-20-13-19(14-21(26)23(20)24(29,30)31)18-11-9-17(10-12-18)16-7-5-15(6-8-16)3-1-2-4-22(27)28/h1,3,13-18,22H,2,4-12H2/b3-1+. The van der Waals surface area contributed by atoms with E-state index in [1.807, 2.05) is 6.08 Å². The molecule has 0 atom stereocenters. The molecule has 0 nitrogen and oxygen atoms in total. The first kappa shape index (κ1) is 24.1. The van der Waals surface area contributed by atoms with Gasteiger partial charge >= 0.3 is 6.18 Å². The molecule has 3 rings (SSSR count). The Kier molecular flexibility index (Phi) is 8.08. The molecule has 2 saturated carbocycles. The highest BCUT2D eigenvalue weighted by Crippen LogP contribution is 2.45. The van der Waals surface area contributed by atoms with Crippen LogP contribution in [-0.2, 0) is 6.18 Å². The number of alkyl halides is 5. The molecule has 2 aliphatic carbocycles. The quantitative estimate of drug-likeness (QED) is 0.300. The van der Waals surface area contributed by atoms with Crippen LogP contribution in [0.5, 0.6) is 0 Å². The van der Waals surface area contributed by atoms with Crippen molar-refractivity contribution >= 4 is 0 Å². The number of benzene rings is 1. The summed E-state index contributed by atoms with van der Waals surface area (Å²) in [6.07, 6.45) is 4.49. The Morgan fingerprint density at radius 1 is 0.839 bits per heavy atom. The maximum Gasteiger partial charge on any atom is 0.422 e. The van der Waals surface area contributed by atoms with E-state index < -0.39 is 29.8 Å². The van der Waals surface area contributed by atoms with Gasteiger partial charge in [-0.3, -0.25) is 0 Å². The average molecular weight is 450 g/mol. The van der Waals surface area contributed by atoms with E-state index in [1.54, 1.807) is 0 Å². The van der Waals surface area contributed by atoms with E-state index in [9.17, 15) is 30.7 Å². The number of halogens is 7. The van der Waals surface area contributed by atoms with Crippen molar-refractivity contribution in [2.75, 3.05) is 0 Å². The summed E-state index contributed by atoms with van der Waals surface area (Å²) in [5, 5.41) is 0. The van der Waals surface area contributed by atoms with Crippen molar-refractivity contribution in [3.63, 3.8) is 0 Å². The summed E-state index contributed by atoms with van der Waals surface area (Å²) in [4.78, 5) is 0. The minimum atomic E-state index is -5.04. The normalized spacial score (nSPS) is 27.9. The SMILES string of the molecule is Fc1cc(C2CCC(C3CCC(/C=C/CCC(F)F)CC3)CC2)cc(F)c1C(F)(F)F. The Morgan fingerprint density at radius 2 is 1.35 bits per heavy atom. The maximum absolute atomic E-state index is 13.9. The van der Waals surface area contributed by atoms with Crippen LogP contribution in [0.4, 0.5) is 30.7 Å². The van der Waals surface area contributed by atoms with Gasteiger partial charge in [-0.25, -0.2) is 17.6 Å². The highest BCUT2D eigenvalue weighted by molar-refractivity contribution is 5.30. The van der Waals surface area contributed by atoms with Crippen LogP contribution in [0, 0.1) is 29.4 Å². The van der Waals surface area contributed by atoms with Gasteiger partial charge in [-0.2, -0.15) is 13.2 Å². The molecule has 0 amide bonds. The fourth-order valence-electron chi connectivity index (χ4n) is 5.34. The predicted molar refractivity (Wildman–Crippen MR) is 106 cm³/mol. The van der Waals surface area contributed by atoms with Crippen LogP contribution < -0.4 is 0 Å². The van der Waals surface area contributed by atoms with Crippen LogP contribution in [0.2, 0.25) is 0 Å². The van der Waals surface area contributed by atoms with Crippen LogP contribution >= 0.6 is 0 Å². The van der Waals surface area contributed by atoms with Crippen molar-refractivity contribution in [1.82, 2.24) is 0 Å². The van der Waals surface area contributed by atoms with E-state index in [4.69, 9.17) is 0 Å². The molecule has 0 heterocycles. The fraction of sp³-hybridized carbons (Fsp3) is 0.667. The third kappa shape index (κ3) is 6.48. The van der Waals surface area contributed by atoms with Gasteiger partial charge in [0.25, 0.3) is 0 Å². The van der Waals surface area contributed by atoms with E-state index >= 15 is 0 Å². The number of rotatable bonds is 6. The van der Waals surface area contributed by atoms with Crippen molar-refractivity contribution in [2.45, 2.75) is 82.7 Å². The summed E-state index contributed by atoms with van der Waals surface area (Å²) < 4.78 is 90.5. The van der Waals surface area contributed by atoms with Gasteiger partial charge in [0.05, 0.1) is 0 Å². The minimum absolute atomic E-state index is 0.0954. The van der Waals surface area contributed by atoms with Gasteiger partial charge in [0.15, 0.2) is 0 Å².